The maximum Gasteiger partial charge on any atom is 0.230 e. The molecule has 3 aliphatic rings. The molecular weight excluding hydrogens is 369 g/mol. The molecule has 1 amide bonds. The van der Waals surface area contributed by atoms with E-state index >= 15 is 0 Å². The van der Waals surface area contributed by atoms with Crippen molar-refractivity contribution < 1.29 is 18.7 Å². The molecule has 2 aliphatic carbocycles. The largest absolute Gasteiger partial charge is 0.486 e. The third-order valence-electron chi connectivity index (χ3n) is 6.88. The summed E-state index contributed by atoms with van der Waals surface area (Å²) in [7, 11) is 0. The number of halogens is 1. The molecule has 0 spiro atoms. The van der Waals surface area contributed by atoms with Crippen LogP contribution < -0.4 is 14.8 Å². The number of nitrogens with one attached hydrogen (secondary N) is 1. The van der Waals surface area contributed by atoms with Gasteiger partial charge in [-0.3, -0.25) is 4.79 Å². The van der Waals surface area contributed by atoms with E-state index in [0.717, 1.165) is 55.6 Å². The Bertz CT molecular complexity index is 914. The molecule has 1 N–H and O–H groups in total. The smallest absolute Gasteiger partial charge is 0.230 e. The number of hydrogen-bond donors (Lipinski definition) is 1. The monoisotopic (exact) mass is 395 g/mol. The van der Waals surface area contributed by atoms with Crippen molar-refractivity contribution in [1.82, 2.24) is 5.32 Å². The number of benzene rings is 2. The van der Waals surface area contributed by atoms with Gasteiger partial charge in [-0.2, -0.15) is 0 Å². The Morgan fingerprint density at radius 1 is 0.897 bits per heavy atom. The minimum Gasteiger partial charge on any atom is -0.486 e. The van der Waals surface area contributed by atoms with Gasteiger partial charge in [-0.1, -0.05) is 31.0 Å². The van der Waals surface area contributed by atoms with Crippen LogP contribution in [0.5, 0.6) is 11.5 Å². The fourth-order valence-corrected chi connectivity index (χ4v) is 4.95. The van der Waals surface area contributed by atoms with Crippen molar-refractivity contribution in [1.29, 1.82) is 0 Å². The maximum absolute atomic E-state index is 13.3. The van der Waals surface area contributed by atoms with Gasteiger partial charge >= 0.3 is 0 Å². The number of carbonyl (C=O) groups is 1. The van der Waals surface area contributed by atoms with Crippen LogP contribution in [0, 0.1) is 5.82 Å². The highest BCUT2D eigenvalue weighted by atomic mass is 19.1. The molecule has 2 aromatic rings. The molecule has 0 aromatic heterocycles. The first-order chi connectivity index (χ1) is 14.1. The summed E-state index contributed by atoms with van der Waals surface area (Å²) >= 11 is 0. The molecule has 2 aromatic carbocycles. The molecule has 152 valence electrons. The van der Waals surface area contributed by atoms with E-state index in [9.17, 15) is 9.18 Å². The van der Waals surface area contributed by atoms with Crippen LogP contribution in [-0.2, 0) is 15.6 Å². The quantitative estimate of drug-likeness (QED) is 0.823. The Hall–Kier alpha value is -2.56. The Morgan fingerprint density at radius 3 is 2.24 bits per heavy atom. The summed E-state index contributed by atoms with van der Waals surface area (Å²) in [5.74, 6) is 1.39. The summed E-state index contributed by atoms with van der Waals surface area (Å²) < 4.78 is 24.7. The third kappa shape index (κ3) is 3.26. The van der Waals surface area contributed by atoms with Gasteiger partial charge < -0.3 is 14.8 Å². The van der Waals surface area contributed by atoms with E-state index in [1.807, 2.05) is 6.07 Å². The van der Waals surface area contributed by atoms with Crippen LogP contribution in [0.4, 0.5) is 4.39 Å². The van der Waals surface area contributed by atoms with Crippen molar-refractivity contribution >= 4 is 5.91 Å². The highest BCUT2D eigenvalue weighted by Gasteiger charge is 2.51. The molecule has 2 fully saturated rings. The van der Waals surface area contributed by atoms with Gasteiger partial charge in [-0.05, 0) is 61.1 Å². The Labute approximate surface area is 170 Å². The lowest BCUT2D eigenvalue weighted by molar-refractivity contribution is -0.123. The Morgan fingerprint density at radius 2 is 1.55 bits per heavy atom. The minimum atomic E-state index is -0.486. The van der Waals surface area contributed by atoms with E-state index in [1.165, 1.54) is 17.7 Å². The molecule has 0 atom stereocenters. The molecule has 0 unspecified atom stereocenters. The summed E-state index contributed by atoms with van der Waals surface area (Å²) in [4.78, 5) is 13.1. The summed E-state index contributed by atoms with van der Waals surface area (Å²) in [6.07, 6.45) is 6.07. The number of rotatable bonds is 5. The first-order valence-corrected chi connectivity index (χ1v) is 10.6. The molecular formula is C24H26FNO3. The van der Waals surface area contributed by atoms with Crippen LogP contribution >= 0.6 is 0 Å². The fraction of sp³-hybridized carbons (Fsp3) is 0.458. The normalized spacial score (nSPS) is 20.9. The van der Waals surface area contributed by atoms with Gasteiger partial charge in [-0.25, -0.2) is 4.39 Å². The Kier molecular flexibility index (Phi) is 4.49. The van der Waals surface area contributed by atoms with Crippen LogP contribution in [0.1, 0.15) is 49.7 Å². The first kappa shape index (κ1) is 18.5. The molecule has 4 nitrogen and oxygen atoms in total. The summed E-state index contributed by atoms with van der Waals surface area (Å²) in [5.41, 5.74) is 1.58. The van der Waals surface area contributed by atoms with Crippen molar-refractivity contribution in [3.63, 3.8) is 0 Å². The van der Waals surface area contributed by atoms with E-state index in [1.54, 1.807) is 12.1 Å². The van der Waals surface area contributed by atoms with E-state index in [-0.39, 0.29) is 17.1 Å². The van der Waals surface area contributed by atoms with Crippen molar-refractivity contribution in [2.75, 3.05) is 19.8 Å². The van der Waals surface area contributed by atoms with Gasteiger partial charge in [0.2, 0.25) is 5.91 Å². The highest BCUT2D eigenvalue weighted by molar-refractivity contribution is 5.91. The number of hydrogen-bond acceptors (Lipinski definition) is 3. The number of amides is 1. The van der Waals surface area contributed by atoms with Gasteiger partial charge in [0.15, 0.2) is 11.5 Å². The molecule has 0 saturated heterocycles. The molecule has 5 rings (SSSR count). The standard InChI is InChI=1S/C24H26FNO3/c25-19-6-3-17(4-7-19)24(11-12-24)22(27)26-16-23(9-1-2-10-23)18-5-8-20-21(15-18)29-14-13-28-20/h3-8,15H,1-2,9-14,16H2,(H,26,27). The highest BCUT2D eigenvalue weighted by Crippen LogP contribution is 2.49. The zero-order valence-corrected chi connectivity index (χ0v) is 16.5. The lowest BCUT2D eigenvalue weighted by Crippen LogP contribution is -2.43. The van der Waals surface area contributed by atoms with Gasteiger partial charge in [-0.15, -0.1) is 0 Å². The van der Waals surface area contributed by atoms with Gasteiger partial charge in [0.1, 0.15) is 19.0 Å². The number of fused-ring (bicyclic) bond motifs is 1. The summed E-state index contributed by atoms with van der Waals surface area (Å²) in [6.45, 7) is 1.77. The molecule has 1 heterocycles. The lowest BCUT2D eigenvalue weighted by Gasteiger charge is -2.32. The molecule has 29 heavy (non-hydrogen) atoms. The maximum atomic E-state index is 13.3. The van der Waals surface area contributed by atoms with E-state index < -0.39 is 5.41 Å². The third-order valence-corrected chi connectivity index (χ3v) is 6.88. The van der Waals surface area contributed by atoms with Crippen LogP contribution in [0.25, 0.3) is 0 Å². The SMILES string of the molecule is O=C(NCC1(c2ccc3c(c2)OCCO3)CCCC1)C1(c2ccc(F)cc2)CC1. The Balaban J connectivity index is 1.35. The van der Waals surface area contributed by atoms with Crippen molar-refractivity contribution in [2.24, 2.45) is 0 Å². The van der Waals surface area contributed by atoms with E-state index in [2.05, 4.69) is 17.4 Å². The average Bonchev–Trinajstić information content (AvgIpc) is 3.43. The zero-order chi connectivity index (χ0) is 19.9. The molecule has 0 bridgehead atoms. The second-order valence-corrected chi connectivity index (χ2v) is 8.62. The molecule has 1 aliphatic heterocycles. The summed E-state index contributed by atoms with van der Waals surface area (Å²) in [5, 5.41) is 3.26. The lowest BCUT2D eigenvalue weighted by atomic mass is 9.78. The predicted octanol–water partition coefficient (Wildman–Crippen LogP) is 4.26. The fourth-order valence-electron chi connectivity index (χ4n) is 4.95. The van der Waals surface area contributed by atoms with Crippen molar-refractivity contribution in [3.8, 4) is 11.5 Å². The second-order valence-electron chi connectivity index (χ2n) is 8.62. The second kappa shape index (κ2) is 7.05. The zero-order valence-electron chi connectivity index (χ0n) is 16.5. The van der Waals surface area contributed by atoms with Crippen molar-refractivity contribution in [2.45, 2.75) is 49.4 Å². The molecule has 2 saturated carbocycles. The predicted molar refractivity (Wildman–Crippen MR) is 108 cm³/mol. The van der Waals surface area contributed by atoms with E-state index in [4.69, 9.17) is 9.47 Å². The van der Waals surface area contributed by atoms with Gasteiger partial charge in [0.25, 0.3) is 0 Å². The molecule has 5 heteroatoms. The average molecular weight is 395 g/mol. The van der Waals surface area contributed by atoms with Crippen LogP contribution in [0.3, 0.4) is 0 Å². The number of carbonyl (C=O) groups excluding carboxylic acids is 1. The number of ether oxygens (including phenoxy) is 2. The van der Waals surface area contributed by atoms with Crippen LogP contribution in [0.15, 0.2) is 42.5 Å². The summed E-state index contributed by atoms with van der Waals surface area (Å²) in [6, 6.07) is 12.6. The van der Waals surface area contributed by atoms with Crippen LogP contribution in [-0.4, -0.2) is 25.7 Å². The topological polar surface area (TPSA) is 47.6 Å². The molecule has 0 radical (unpaired) electrons. The van der Waals surface area contributed by atoms with Gasteiger partial charge in [0.05, 0.1) is 5.41 Å². The van der Waals surface area contributed by atoms with Gasteiger partial charge in [0, 0.05) is 12.0 Å². The van der Waals surface area contributed by atoms with E-state index in [0.29, 0.717) is 19.8 Å². The minimum absolute atomic E-state index is 0.0629. The van der Waals surface area contributed by atoms with Crippen LogP contribution in [0.2, 0.25) is 0 Å². The first-order valence-electron chi connectivity index (χ1n) is 10.6. The van der Waals surface area contributed by atoms with Crippen molar-refractivity contribution in [3.05, 3.63) is 59.4 Å².